The molecular formula is C12H17N3O. The number of fused-ring (bicyclic) bond motifs is 1. The molecule has 0 spiro atoms. The van der Waals surface area contributed by atoms with Gasteiger partial charge in [-0.2, -0.15) is 4.98 Å². The van der Waals surface area contributed by atoms with E-state index >= 15 is 0 Å². The number of aryl methyl sites for hydroxylation is 1. The van der Waals surface area contributed by atoms with E-state index in [0.29, 0.717) is 11.7 Å². The van der Waals surface area contributed by atoms with Crippen molar-refractivity contribution in [3.63, 3.8) is 0 Å². The van der Waals surface area contributed by atoms with Crippen LogP contribution in [0.2, 0.25) is 0 Å². The maximum Gasteiger partial charge on any atom is 0.199 e. The van der Waals surface area contributed by atoms with Gasteiger partial charge in [0.1, 0.15) is 0 Å². The lowest BCUT2D eigenvalue weighted by Gasteiger charge is -2.04. The maximum absolute atomic E-state index is 5.59. The molecule has 0 aliphatic heterocycles. The second-order valence-electron chi connectivity index (χ2n) is 4.24. The van der Waals surface area contributed by atoms with Gasteiger partial charge in [0, 0.05) is 24.7 Å². The van der Waals surface area contributed by atoms with E-state index in [-0.39, 0.29) is 0 Å². The van der Waals surface area contributed by atoms with E-state index < -0.39 is 0 Å². The molecule has 2 aromatic rings. The average molecular weight is 219 g/mol. The van der Waals surface area contributed by atoms with Crippen molar-refractivity contribution in [2.24, 2.45) is 0 Å². The fourth-order valence-electron chi connectivity index (χ4n) is 1.53. The Morgan fingerprint density at radius 1 is 1.31 bits per heavy atom. The molecule has 0 unspecified atom stereocenters. The predicted molar refractivity (Wildman–Crippen MR) is 63.4 cm³/mol. The zero-order chi connectivity index (χ0) is 11.5. The van der Waals surface area contributed by atoms with Crippen LogP contribution in [-0.4, -0.2) is 22.6 Å². The van der Waals surface area contributed by atoms with E-state index in [0.717, 1.165) is 30.1 Å². The van der Waals surface area contributed by atoms with E-state index in [9.17, 15) is 0 Å². The van der Waals surface area contributed by atoms with Gasteiger partial charge >= 0.3 is 0 Å². The number of pyridine rings is 1. The van der Waals surface area contributed by atoms with E-state index in [1.807, 2.05) is 19.1 Å². The topological polar surface area (TPSA) is 51.0 Å². The Morgan fingerprint density at radius 3 is 2.88 bits per heavy atom. The third kappa shape index (κ3) is 2.58. The van der Waals surface area contributed by atoms with Crippen LogP contribution in [0.4, 0.5) is 0 Å². The molecule has 0 saturated heterocycles. The largest absolute Gasteiger partial charge is 0.439 e. The van der Waals surface area contributed by atoms with Gasteiger partial charge in [0.05, 0.1) is 0 Å². The fourth-order valence-corrected chi connectivity index (χ4v) is 1.53. The van der Waals surface area contributed by atoms with Crippen LogP contribution < -0.4 is 5.32 Å². The lowest BCUT2D eigenvalue weighted by atomic mass is 10.3. The first-order chi connectivity index (χ1) is 7.65. The van der Waals surface area contributed by atoms with E-state index in [4.69, 9.17) is 4.42 Å². The highest BCUT2D eigenvalue weighted by Gasteiger charge is 2.06. The van der Waals surface area contributed by atoms with Crippen LogP contribution in [0.15, 0.2) is 16.5 Å². The van der Waals surface area contributed by atoms with Gasteiger partial charge in [0.2, 0.25) is 0 Å². The Balaban J connectivity index is 2.08. The molecule has 0 bridgehead atoms. The molecule has 0 aliphatic carbocycles. The third-order valence-electron chi connectivity index (χ3n) is 2.33. The van der Waals surface area contributed by atoms with Crippen LogP contribution >= 0.6 is 0 Å². The molecule has 0 aliphatic rings. The van der Waals surface area contributed by atoms with Gasteiger partial charge in [-0.15, -0.1) is 0 Å². The number of nitrogens with one attached hydrogen (secondary N) is 1. The van der Waals surface area contributed by atoms with E-state index in [1.165, 1.54) is 0 Å². The molecule has 0 atom stereocenters. The Morgan fingerprint density at radius 2 is 2.12 bits per heavy atom. The summed E-state index contributed by atoms with van der Waals surface area (Å²) in [4.78, 5) is 8.67. The summed E-state index contributed by atoms with van der Waals surface area (Å²) in [6, 6.07) is 4.35. The summed E-state index contributed by atoms with van der Waals surface area (Å²) >= 11 is 0. The number of nitrogens with zero attached hydrogens (tertiary/aromatic N) is 2. The van der Waals surface area contributed by atoms with Crippen molar-refractivity contribution in [2.75, 3.05) is 6.54 Å². The van der Waals surface area contributed by atoms with Crippen LogP contribution in [0.1, 0.15) is 25.4 Å². The summed E-state index contributed by atoms with van der Waals surface area (Å²) in [5.41, 5.74) is 2.44. The van der Waals surface area contributed by atoms with E-state index in [1.54, 1.807) is 0 Å². The van der Waals surface area contributed by atoms with E-state index in [2.05, 4.69) is 29.1 Å². The molecule has 0 saturated carbocycles. The predicted octanol–water partition coefficient (Wildman–Crippen LogP) is 2.07. The normalized spacial score (nSPS) is 11.5. The second kappa shape index (κ2) is 4.61. The smallest absolute Gasteiger partial charge is 0.199 e. The molecule has 2 rings (SSSR count). The fraction of sp³-hybridized carbons (Fsp3) is 0.500. The highest BCUT2D eigenvalue weighted by molar-refractivity contribution is 5.67. The number of aromatic nitrogens is 2. The van der Waals surface area contributed by atoms with Gasteiger partial charge in [-0.05, 0) is 19.1 Å². The number of hydrogen-bond acceptors (Lipinski definition) is 4. The molecule has 1 N–H and O–H groups in total. The van der Waals surface area contributed by atoms with Crippen LogP contribution in [0.25, 0.3) is 11.2 Å². The van der Waals surface area contributed by atoms with Gasteiger partial charge in [0.25, 0.3) is 0 Å². The van der Waals surface area contributed by atoms with Crippen molar-refractivity contribution in [2.45, 2.75) is 33.2 Å². The minimum absolute atomic E-state index is 0.491. The Labute approximate surface area is 95.1 Å². The maximum atomic E-state index is 5.59. The zero-order valence-electron chi connectivity index (χ0n) is 9.95. The first kappa shape index (κ1) is 11.1. The van der Waals surface area contributed by atoms with Crippen LogP contribution in [0, 0.1) is 6.92 Å². The molecular weight excluding hydrogens is 202 g/mol. The van der Waals surface area contributed by atoms with Crippen molar-refractivity contribution in [1.29, 1.82) is 0 Å². The monoisotopic (exact) mass is 219 g/mol. The average Bonchev–Trinajstić information content (AvgIpc) is 2.58. The molecule has 2 heterocycles. The summed E-state index contributed by atoms with van der Waals surface area (Å²) in [6.45, 7) is 7.07. The molecule has 86 valence electrons. The first-order valence-electron chi connectivity index (χ1n) is 5.61. The highest BCUT2D eigenvalue weighted by atomic mass is 16.3. The van der Waals surface area contributed by atoms with Crippen molar-refractivity contribution < 1.29 is 4.42 Å². The van der Waals surface area contributed by atoms with Crippen molar-refractivity contribution in [1.82, 2.24) is 15.3 Å². The van der Waals surface area contributed by atoms with Crippen molar-refractivity contribution >= 4 is 11.2 Å². The minimum Gasteiger partial charge on any atom is -0.439 e. The first-order valence-corrected chi connectivity index (χ1v) is 5.61. The quantitative estimate of drug-likeness (QED) is 0.855. The van der Waals surface area contributed by atoms with Gasteiger partial charge in [-0.25, -0.2) is 4.98 Å². The Kier molecular flexibility index (Phi) is 3.19. The van der Waals surface area contributed by atoms with Crippen LogP contribution in [-0.2, 0) is 6.42 Å². The summed E-state index contributed by atoms with van der Waals surface area (Å²) < 4.78 is 5.59. The van der Waals surface area contributed by atoms with Gasteiger partial charge < -0.3 is 9.73 Å². The number of rotatable bonds is 4. The highest BCUT2D eigenvalue weighted by Crippen LogP contribution is 2.13. The SMILES string of the molecule is Cc1ccc2oc(CCNC(C)C)nc2n1. The Bertz CT molecular complexity index is 476. The van der Waals surface area contributed by atoms with Crippen molar-refractivity contribution in [3.05, 3.63) is 23.7 Å². The molecule has 2 aromatic heterocycles. The number of oxazole rings is 1. The lowest BCUT2D eigenvalue weighted by Crippen LogP contribution is -2.24. The van der Waals surface area contributed by atoms with Gasteiger partial charge in [-0.1, -0.05) is 13.8 Å². The van der Waals surface area contributed by atoms with Gasteiger partial charge in [-0.3, -0.25) is 0 Å². The van der Waals surface area contributed by atoms with Crippen LogP contribution in [0.3, 0.4) is 0 Å². The molecule has 0 radical (unpaired) electrons. The summed E-state index contributed by atoms with van der Waals surface area (Å²) in [5.74, 6) is 0.751. The summed E-state index contributed by atoms with van der Waals surface area (Å²) in [7, 11) is 0. The second-order valence-corrected chi connectivity index (χ2v) is 4.24. The Hall–Kier alpha value is -1.42. The molecule has 0 aromatic carbocycles. The molecule has 0 amide bonds. The third-order valence-corrected chi connectivity index (χ3v) is 2.33. The molecule has 4 nitrogen and oxygen atoms in total. The number of hydrogen-bond donors (Lipinski definition) is 1. The molecule has 0 fully saturated rings. The lowest BCUT2D eigenvalue weighted by molar-refractivity contribution is 0.501. The summed E-state index contributed by atoms with van der Waals surface area (Å²) in [6.07, 6.45) is 0.799. The van der Waals surface area contributed by atoms with Crippen LogP contribution in [0.5, 0.6) is 0 Å². The van der Waals surface area contributed by atoms with Gasteiger partial charge in [0.15, 0.2) is 17.1 Å². The summed E-state index contributed by atoms with van der Waals surface area (Å²) in [5, 5.41) is 3.33. The standard InChI is InChI=1S/C12H17N3O/c1-8(2)13-7-6-11-15-12-10(16-11)5-4-9(3)14-12/h4-5,8,13H,6-7H2,1-3H3. The zero-order valence-corrected chi connectivity index (χ0v) is 9.95. The molecule has 4 heteroatoms. The minimum atomic E-state index is 0.491. The molecule has 16 heavy (non-hydrogen) atoms. The van der Waals surface area contributed by atoms with Crippen molar-refractivity contribution in [3.8, 4) is 0 Å².